The van der Waals surface area contributed by atoms with E-state index in [0.29, 0.717) is 24.9 Å². The van der Waals surface area contributed by atoms with Crippen LogP contribution in [0.25, 0.3) is 0 Å². The predicted molar refractivity (Wildman–Crippen MR) is 101 cm³/mol. The van der Waals surface area contributed by atoms with Crippen molar-refractivity contribution < 1.29 is 13.9 Å². The van der Waals surface area contributed by atoms with Crippen LogP contribution in [0.3, 0.4) is 0 Å². The summed E-state index contributed by atoms with van der Waals surface area (Å²) in [6, 6.07) is 4.05. The molecule has 1 unspecified atom stereocenters. The van der Waals surface area contributed by atoms with Crippen molar-refractivity contribution in [3.05, 3.63) is 23.7 Å². The molecule has 0 saturated carbocycles. The SMILES string of the molecule is COCc1ccc(CN2CCCC(CCC(=O)N3CCN(C)CC3)C2)o1. The molecule has 0 aliphatic carbocycles. The molecule has 146 valence electrons. The van der Waals surface area contributed by atoms with Gasteiger partial charge in [-0.05, 0) is 50.9 Å². The predicted octanol–water partition coefficient (Wildman–Crippen LogP) is 2.19. The van der Waals surface area contributed by atoms with Gasteiger partial charge < -0.3 is 19.0 Å². The van der Waals surface area contributed by atoms with E-state index < -0.39 is 0 Å². The molecule has 26 heavy (non-hydrogen) atoms. The lowest BCUT2D eigenvalue weighted by atomic mass is 9.93. The fourth-order valence-electron chi connectivity index (χ4n) is 4.02. The molecule has 0 N–H and O–H groups in total. The number of nitrogens with zero attached hydrogens (tertiary/aromatic N) is 3. The number of ether oxygens (including phenoxy) is 1. The Morgan fingerprint density at radius 2 is 1.96 bits per heavy atom. The molecule has 0 aromatic carbocycles. The van der Waals surface area contributed by atoms with Crippen molar-refractivity contribution in [2.75, 3.05) is 53.4 Å². The van der Waals surface area contributed by atoms with E-state index in [1.54, 1.807) is 7.11 Å². The second-order valence-electron chi connectivity index (χ2n) is 7.77. The molecule has 0 bridgehead atoms. The number of likely N-dealkylation sites (tertiary alicyclic amines) is 1. The number of likely N-dealkylation sites (N-methyl/N-ethyl adjacent to an activating group) is 1. The molecule has 0 radical (unpaired) electrons. The fourth-order valence-corrected chi connectivity index (χ4v) is 4.02. The third kappa shape index (κ3) is 5.56. The Kier molecular flexibility index (Phi) is 7.11. The number of carbonyl (C=O) groups excluding carboxylic acids is 1. The van der Waals surface area contributed by atoms with E-state index in [-0.39, 0.29) is 0 Å². The van der Waals surface area contributed by atoms with Gasteiger partial charge >= 0.3 is 0 Å². The van der Waals surface area contributed by atoms with Gasteiger partial charge in [0.05, 0.1) is 6.54 Å². The summed E-state index contributed by atoms with van der Waals surface area (Å²) in [5.74, 6) is 2.85. The van der Waals surface area contributed by atoms with Crippen LogP contribution in [0.2, 0.25) is 0 Å². The molecule has 2 aliphatic heterocycles. The van der Waals surface area contributed by atoms with Crippen LogP contribution in [0, 0.1) is 5.92 Å². The molecule has 1 aromatic rings. The van der Waals surface area contributed by atoms with Gasteiger partial charge in [-0.15, -0.1) is 0 Å². The van der Waals surface area contributed by atoms with E-state index in [1.807, 2.05) is 11.0 Å². The number of rotatable bonds is 7. The van der Waals surface area contributed by atoms with Gasteiger partial charge in [-0.25, -0.2) is 0 Å². The molecule has 0 spiro atoms. The van der Waals surface area contributed by atoms with Gasteiger partial charge in [-0.3, -0.25) is 9.69 Å². The Morgan fingerprint density at radius 3 is 2.73 bits per heavy atom. The zero-order valence-corrected chi connectivity index (χ0v) is 16.3. The fraction of sp³-hybridized carbons (Fsp3) is 0.750. The lowest BCUT2D eigenvalue weighted by Crippen LogP contribution is -2.47. The average molecular weight is 364 g/mol. The highest BCUT2D eigenvalue weighted by Crippen LogP contribution is 2.23. The summed E-state index contributed by atoms with van der Waals surface area (Å²) in [5, 5.41) is 0. The van der Waals surface area contributed by atoms with Crippen molar-refractivity contribution >= 4 is 5.91 Å². The van der Waals surface area contributed by atoms with Crippen molar-refractivity contribution in [2.45, 2.75) is 38.8 Å². The Labute approximate surface area is 157 Å². The third-order valence-corrected chi connectivity index (χ3v) is 5.61. The summed E-state index contributed by atoms with van der Waals surface area (Å²) in [6.45, 7) is 7.32. The smallest absolute Gasteiger partial charge is 0.222 e. The summed E-state index contributed by atoms with van der Waals surface area (Å²) < 4.78 is 10.9. The summed E-state index contributed by atoms with van der Waals surface area (Å²) in [4.78, 5) is 19.2. The van der Waals surface area contributed by atoms with Gasteiger partial charge in [0.2, 0.25) is 5.91 Å². The van der Waals surface area contributed by atoms with Crippen molar-refractivity contribution in [2.24, 2.45) is 5.92 Å². The van der Waals surface area contributed by atoms with Crippen molar-refractivity contribution in [3.63, 3.8) is 0 Å². The zero-order valence-electron chi connectivity index (χ0n) is 16.3. The first kappa shape index (κ1) is 19.4. The van der Waals surface area contributed by atoms with Gasteiger partial charge in [0.15, 0.2) is 0 Å². The molecule has 6 nitrogen and oxygen atoms in total. The Balaban J connectivity index is 1.41. The first-order valence-corrected chi connectivity index (χ1v) is 9.89. The van der Waals surface area contributed by atoms with Gasteiger partial charge in [0.25, 0.3) is 0 Å². The van der Waals surface area contributed by atoms with Gasteiger partial charge in [-0.1, -0.05) is 0 Å². The topological polar surface area (TPSA) is 49.2 Å². The number of amides is 1. The van der Waals surface area contributed by atoms with E-state index in [0.717, 1.165) is 63.8 Å². The van der Waals surface area contributed by atoms with E-state index >= 15 is 0 Å². The number of furan rings is 1. The highest BCUT2D eigenvalue weighted by molar-refractivity contribution is 5.76. The van der Waals surface area contributed by atoms with Crippen LogP contribution in [0.5, 0.6) is 0 Å². The van der Waals surface area contributed by atoms with E-state index in [9.17, 15) is 4.79 Å². The lowest BCUT2D eigenvalue weighted by Gasteiger charge is -2.34. The maximum atomic E-state index is 12.5. The normalized spacial score (nSPS) is 22.7. The number of piperazine rings is 1. The largest absolute Gasteiger partial charge is 0.462 e. The number of piperidine rings is 1. The molecule has 1 atom stereocenters. The van der Waals surface area contributed by atoms with Gasteiger partial charge in [0.1, 0.15) is 18.1 Å². The standard InChI is InChI=1S/C20H33N3O3/c1-21-10-12-23(13-11-21)20(24)8-5-17-4-3-9-22(14-17)15-18-6-7-19(26-18)16-25-2/h6-7,17H,3-5,8-16H2,1-2H3. The highest BCUT2D eigenvalue weighted by atomic mass is 16.5. The minimum absolute atomic E-state index is 0.338. The molecule has 2 aliphatic rings. The molecule has 2 fully saturated rings. The van der Waals surface area contributed by atoms with E-state index in [4.69, 9.17) is 9.15 Å². The number of carbonyl (C=O) groups is 1. The average Bonchev–Trinajstić information content (AvgIpc) is 3.08. The monoisotopic (exact) mass is 363 g/mol. The first-order chi connectivity index (χ1) is 12.6. The first-order valence-electron chi connectivity index (χ1n) is 9.89. The summed E-state index contributed by atoms with van der Waals surface area (Å²) in [5.41, 5.74) is 0. The van der Waals surface area contributed by atoms with Crippen LogP contribution < -0.4 is 0 Å². The van der Waals surface area contributed by atoms with E-state index in [1.165, 1.54) is 12.8 Å². The van der Waals surface area contributed by atoms with Crippen molar-refractivity contribution in [1.29, 1.82) is 0 Å². The molecule has 3 heterocycles. The molecule has 6 heteroatoms. The number of hydrogen-bond donors (Lipinski definition) is 0. The van der Waals surface area contributed by atoms with Crippen LogP contribution >= 0.6 is 0 Å². The van der Waals surface area contributed by atoms with Crippen LogP contribution in [-0.4, -0.2) is 74.0 Å². The molecule has 3 rings (SSSR count). The minimum atomic E-state index is 0.338. The Morgan fingerprint density at radius 1 is 1.19 bits per heavy atom. The van der Waals surface area contributed by atoms with Gasteiger partial charge in [-0.2, -0.15) is 0 Å². The summed E-state index contributed by atoms with van der Waals surface area (Å²) in [7, 11) is 3.80. The van der Waals surface area contributed by atoms with Crippen LogP contribution in [-0.2, 0) is 22.7 Å². The quantitative estimate of drug-likeness (QED) is 0.743. The van der Waals surface area contributed by atoms with Crippen LogP contribution in [0.1, 0.15) is 37.2 Å². The molecule has 2 saturated heterocycles. The lowest BCUT2D eigenvalue weighted by molar-refractivity contribution is -0.133. The third-order valence-electron chi connectivity index (χ3n) is 5.61. The van der Waals surface area contributed by atoms with Crippen molar-refractivity contribution in [3.8, 4) is 0 Å². The van der Waals surface area contributed by atoms with E-state index in [2.05, 4.69) is 22.9 Å². The second kappa shape index (κ2) is 9.53. The van der Waals surface area contributed by atoms with Crippen LogP contribution in [0.15, 0.2) is 16.5 Å². The number of hydrogen-bond acceptors (Lipinski definition) is 5. The summed E-state index contributed by atoms with van der Waals surface area (Å²) in [6.07, 6.45) is 4.15. The maximum absolute atomic E-state index is 12.5. The Hall–Kier alpha value is -1.37. The Bertz CT molecular complexity index is 566. The number of methoxy groups -OCH3 is 1. The molecule has 1 amide bonds. The van der Waals surface area contributed by atoms with Crippen LogP contribution in [0.4, 0.5) is 0 Å². The minimum Gasteiger partial charge on any atom is -0.462 e. The molecular weight excluding hydrogens is 330 g/mol. The van der Waals surface area contributed by atoms with Gasteiger partial charge in [0, 0.05) is 46.3 Å². The molecule has 1 aromatic heterocycles. The summed E-state index contributed by atoms with van der Waals surface area (Å²) >= 11 is 0. The molecular formula is C20H33N3O3. The zero-order chi connectivity index (χ0) is 18.4. The van der Waals surface area contributed by atoms with Crippen molar-refractivity contribution in [1.82, 2.24) is 14.7 Å². The second-order valence-corrected chi connectivity index (χ2v) is 7.77. The maximum Gasteiger partial charge on any atom is 0.222 e. The highest BCUT2D eigenvalue weighted by Gasteiger charge is 2.24.